The molecule has 4 amide bonds. The minimum Gasteiger partial charge on any atom is -0.465 e. The van der Waals surface area contributed by atoms with E-state index in [0.717, 1.165) is 5.56 Å². The molecule has 14 heteroatoms. The van der Waals surface area contributed by atoms with Crippen molar-refractivity contribution in [2.75, 3.05) is 94.1 Å². The largest absolute Gasteiger partial charge is 0.465 e. The predicted octanol–water partition coefficient (Wildman–Crippen LogP) is 2.61. The topological polar surface area (TPSA) is 145 Å². The van der Waals surface area contributed by atoms with Crippen LogP contribution in [-0.4, -0.2) is 116 Å². The lowest BCUT2D eigenvalue weighted by Crippen LogP contribution is -2.52. The highest BCUT2D eigenvalue weighted by molar-refractivity contribution is 6.00. The van der Waals surface area contributed by atoms with Crippen molar-refractivity contribution >= 4 is 41.3 Å². The minimum atomic E-state index is -0.447. The van der Waals surface area contributed by atoms with E-state index in [1.807, 2.05) is 17.0 Å². The first-order chi connectivity index (χ1) is 20.8. The van der Waals surface area contributed by atoms with Crippen LogP contribution in [-0.2, 0) is 9.47 Å². The van der Waals surface area contributed by atoms with E-state index in [0.29, 0.717) is 87.1 Å². The lowest BCUT2D eigenvalue weighted by atomic mass is 10.2. The third-order valence-electron chi connectivity index (χ3n) is 7.09. The Morgan fingerprint density at radius 1 is 0.767 bits per heavy atom. The summed E-state index contributed by atoms with van der Waals surface area (Å²) < 4.78 is 10.2. The number of aromatic nitrogens is 3. The summed E-state index contributed by atoms with van der Waals surface area (Å²) in [5.41, 5.74) is 2.27. The van der Waals surface area contributed by atoms with E-state index in [9.17, 15) is 14.4 Å². The Balaban J connectivity index is 1.29. The monoisotopic (exact) mass is 589 g/mol. The molecule has 2 aliphatic heterocycles. The number of benzene rings is 2. The highest BCUT2D eigenvalue weighted by Crippen LogP contribution is 2.24. The van der Waals surface area contributed by atoms with Gasteiger partial charge in [0.15, 0.2) is 5.82 Å². The average molecular weight is 590 g/mol. The van der Waals surface area contributed by atoms with Crippen molar-refractivity contribution in [1.29, 1.82) is 0 Å². The van der Waals surface area contributed by atoms with Gasteiger partial charge in [-0.05, 0) is 48.5 Å². The molecule has 0 saturated carbocycles. The zero-order valence-electron chi connectivity index (χ0n) is 24.4. The molecule has 226 valence electrons. The van der Waals surface area contributed by atoms with E-state index in [-0.39, 0.29) is 6.03 Å². The first kappa shape index (κ1) is 29.5. The molecule has 2 aliphatic rings. The number of anilines is 4. The number of piperazine rings is 1. The van der Waals surface area contributed by atoms with Gasteiger partial charge in [0, 0.05) is 70.3 Å². The van der Waals surface area contributed by atoms with Gasteiger partial charge in [-0.1, -0.05) is 0 Å². The lowest BCUT2D eigenvalue weighted by Gasteiger charge is -2.36. The van der Waals surface area contributed by atoms with E-state index in [4.69, 9.17) is 24.4 Å². The van der Waals surface area contributed by atoms with Gasteiger partial charge in [0.1, 0.15) is 0 Å². The van der Waals surface area contributed by atoms with Gasteiger partial charge in [0.2, 0.25) is 11.9 Å². The summed E-state index contributed by atoms with van der Waals surface area (Å²) in [6.07, 6.45) is 0. The fourth-order valence-electron chi connectivity index (χ4n) is 4.71. The van der Waals surface area contributed by atoms with E-state index < -0.39 is 12.0 Å². The Morgan fingerprint density at radius 3 is 1.84 bits per heavy atom. The molecule has 0 bridgehead atoms. The van der Waals surface area contributed by atoms with E-state index in [1.54, 1.807) is 55.4 Å². The fraction of sp³-hybridized carbons (Fsp3) is 0.379. The second-order valence-electron chi connectivity index (χ2n) is 10.2. The molecule has 2 fully saturated rings. The Morgan fingerprint density at radius 2 is 1.30 bits per heavy atom. The van der Waals surface area contributed by atoms with Crippen LogP contribution in [0.3, 0.4) is 0 Å². The number of esters is 1. The normalized spacial score (nSPS) is 15.1. The number of carbonyl (C=O) groups excluding carboxylic acids is 3. The van der Waals surface area contributed by atoms with Gasteiger partial charge in [0.05, 0.1) is 25.9 Å². The van der Waals surface area contributed by atoms with Gasteiger partial charge in [-0.2, -0.15) is 15.0 Å². The highest BCUT2D eigenvalue weighted by atomic mass is 16.5. The summed E-state index contributed by atoms with van der Waals surface area (Å²) in [5.74, 6) is 1.20. The molecule has 14 nitrogen and oxygen atoms in total. The molecule has 1 aromatic heterocycles. The molecule has 3 heterocycles. The third kappa shape index (κ3) is 7.27. The summed E-state index contributed by atoms with van der Waals surface area (Å²) in [5, 5.41) is 5.55. The third-order valence-corrected chi connectivity index (χ3v) is 7.09. The molecular formula is C29H35N9O5. The molecule has 0 radical (unpaired) electrons. The maximum atomic E-state index is 12.6. The quantitative estimate of drug-likeness (QED) is 0.412. The molecule has 3 aromatic rings. The van der Waals surface area contributed by atoms with Crippen molar-refractivity contribution < 1.29 is 23.9 Å². The van der Waals surface area contributed by atoms with Crippen LogP contribution in [0.4, 0.5) is 32.9 Å². The van der Waals surface area contributed by atoms with E-state index in [1.165, 1.54) is 7.11 Å². The molecule has 0 aliphatic carbocycles. The summed E-state index contributed by atoms with van der Waals surface area (Å²) in [4.78, 5) is 58.5. The molecule has 2 N–H and O–H groups in total. The lowest BCUT2D eigenvalue weighted by molar-refractivity contribution is 0.0600. The fourth-order valence-corrected chi connectivity index (χ4v) is 4.71. The Hall–Kier alpha value is -4.98. The van der Waals surface area contributed by atoms with E-state index >= 15 is 0 Å². The summed E-state index contributed by atoms with van der Waals surface area (Å²) in [7, 11) is 4.82. The number of hydrogen-bond donors (Lipinski definition) is 2. The molecule has 0 spiro atoms. The predicted molar refractivity (Wildman–Crippen MR) is 162 cm³/mol. The number of nitrogens with one attached hydrogen (secondary N) is 2. The molecule has 2 saturated heterocycles. The van der Waals surface area contributed by atoms with Crippen LogP contribution >= 0.6 is 0 Å². The number of rotatable bonds is 6. The standard InChI is InChI=1S/C29H35N9O5/c1-35(2)29(41)38-14-12-36(13-15-38)26-32-24(33-27(34-26)37-16-18-43-19-17-37)20-4-8-22(9-5-20)30-28(40)31-23-10-6-21(7-11-23)25(39)42-3/h4-11H,12-19H2,1-3H3,(H2,30,31,40). The number of carbonyl (C=O) groups is 3. The Labute approximate surface area is 249 Å². The van der Waals surface area contributed by atoms with Gasteiger partial charge >= 0.3 is 18.0 Å². The van der Waals surface area contributed by atoms with Crippen molar-refractivity contribution in [1.82, 2.24) is 24.8 Å². The number of ether oxygens (including phenoxy) is 2. The second-order valence-corrected chi connectivity index (χ2v) is 10.2. The number of hydrogen-bond acceptors (Lipinski definition) is 10. The first-order valence-corrected chi connectivity index (χ1v) is 14.0. The van der Waals surface area contributed by atoms with Crippen molar-refractivity contribution in [3.8, 4) is 11.4 Å². The van der Waals surface area contributed by atoms with Gasteiger partial charge in [-0.25, -0.2) is 14.4 Å². The molecule has 5 rings (SSSR count). The van der Waals surface area contributed by atoms with Crippen LogP contribution in [0.2, 0.25) is 0 Å². The molecule has 0 unspecified atom stereocenters. The zero-order valence-corrected chi connectivity index (χ0v) is 24.4. The average Bonchev–Trinajstić information content (AvgIpc) is 3.05. The van der Waals surface area contributed by atoms with Crippen LogP contribution in [0.1, 0.15) is 10.4 Å². The number of nitrogens with zero attached hydrogens (tertiary/aromatic N) is 7. The number of methoxy groups -OCH3 is 1. The highest BCUT2D eigenvalue weighted by Gasteiger charge is 2.26. The van der Waals surface area contributed by atoms with Crippen LogP contribution in [0.5, 0.6) is 0 Å². The van der Waals surface area contributed by atoms with Crippen molar-refractivity contribution in [2.45, 2.75) is 0 Å². The SMILES string of the molecule is COC(=O)c1ccc(NC(=O)Nc2ccc(-c3nc(N4CCOCC4)nc(N4CCN(C(=O)N(C)C)CC4)n3)cc2)cc1. The maximum Gasteiger partial charge on any atom is 0.337 e. The smallest absolute Gasteiger partial charge is 0.337 e. The molecular weight excluding hydrogens is 554 g/mol. The van der Waals surface area contributed by atoms with Crippen molar-refractivity contribution in [3.05, 3.63) is 54.1 Å². The molecule has 2 aromatic carbocycles. The van der Waals surface area contributed by atoms with Crippen LogP contribution in [0.25, 0.3) is 11.4 Å². The van der Waals surface area contributed by atoms with Crippen molar-refractivity contribution in [3.63, 3.8) is 0 Å². The summed E-state index contributed by atoms with van der Waals surface area (Å²) in [6, 6.07) is 13.2. The van der Waals surface area contributed by atoms with Gasteiger partial charge < -0.3 is 39.7 Å². The van der Waals surface area contributed by atoms with Gasteiger partial charge in [-0.3, -0.25) is 0 Å². The van der Waals surface area contributed by atoms with Gasteiger partial charge in [-0.15, -0.1) is 0 Å². The van der Waals surface area contributed by atoms with Crippen LogP contribution in [0, 0.1) is 0 Å². The molecule has 43 heavy (non-hydrogen) atoms. The minimum absolute atomic E-state index is 0.0103. The van der Waals surface area contributed by atoms with Gasteiger partial charge in [0.25, 0.3) is 0 Å². The summed E-state index contributed by atoms with van der Waals surface area (Å²) in [6.45, 7) is 4.91. The van der Waals surface area contributed by atoms with Crippen LogP contribution in [0.15, 0.2) is 48.5 Å². The van der Waals surface area contributed by atoms with Crippen molar-refractivity contribution in [2.24, 2.45) is 0 Å². The van der Waals surface area contributed by atoms with Crippen LogP contribution < -0.4 is 20.4 Å². The Kier molecular flexibility index (Phi) is 9.15. The zero-order chi connectivity index (χ0) is 30.3. The number of morpholine rings is 1. The second kappa shape index (κ2) is 13.3. The molecule has 0 atom stereocenters. The first-order valence-electron chi connectivity index (χ1n) is 14.0. The maximum absolute atomic E-state index is 12.6. The Bertz CT molecular complexity index is 1440. The summed E-state index contributed by atoms with van der Waals surface area (Å²) >= 11 is 0. The number of amides is 4. The number of urea groups is 2. The van der Waals surface area contributed by atoms with E-state index in [2.05, 4.69) is 20.4 Å².